The van der Waals surface area contributed by atoms with Gasteiger partial charge in [-0.3, -0.25) is 19.4 Å². The fraction of sp³-hybridized carbons (Fsp3) is 0.167. The molecule has 3 aromatic heterocycles. The van der Waals surface area contributed by atoms with Gasteiger partial charge in [0.1, 0.15) is 5.69 Å². The lowest BCUT2D eigenvalue weighted by atomic mass is 10.1. The van der Waals surface area contributed by atoms with Gasteiger partial charge in [-0.15, -0.1) is 0 Å². The molecule has 0 fully saturated rings. The van der Waals surface area contributed by atoms with Gasteiger partial charge >= 0.3 is 0 Å². The number of hydrogen-bond acceptors (Lipinski definition) is 6. The fourth-order valence-corrected chi connectivity index (χ4v) is 2.15. The van der Waals surface area contributed by atoms with Crippen molar-refractivity contribution >= 4 is 12.0 Å². The molecular formula is C18H20N6O. The Labute approximate surface area is 146 Å². The quantitative estimate of drug-likeness (QED) is 0.449. The van der Waals surface area contributed by atoms with Gasteiger partial charge in [0.15, 0.2) is 6.29 Å². The normalized spacial score (nSPS) is 10.6. The summed E-state index contributed by atoms with van der Waals surface area (Å²) in [5.41, 5.74) is 6.99. The zero-order valence-electron chi connectivity index (χ0n) is 14.4. The maximum Gasteiger partial charge on any atom is 0.153 e. The van der Waals surface area contributed by atoms with E-state index < -0.39 is 0 Å². The highest BCUT2D eigenvalue weighted by molar-refractivity contribution is 5.98. The number of carbonyl (C=O) groups excluding carboxylic acids is 1. The molecule has 0 bridgehead atoms. The van der Waals surface area contributed by atoms with Crippen LogP contribution in [0, 0.1) is 0 Å². The zero-order valence-corrected chi connectivity index (χ0v) is 14.4. The van der Waals surface area contributed by atoms with Crippen molar-refractivity contribution in [3.63, 3.8) is 0 Å². The average Bonchev–Trinajstić information content (AvgIpc) is 3.05. The number of hydrazone groups is 1. The fourth-order valence-electron chi connectivity index (χ4n) is 2.15. The summed E-state index contributed by atoms with van der Waals surface area (Å²) >= 11 is 0. The third-order valence-electron chi connectivity index (χ3n) is 3.32. The Morgan fingerprint density at radius 3 is 2.28 bits per heavy atom. The first kappa shape index (κ1) is 18.0. The Balaban J connectivity index is 0.000000186. The van der Waals surface area contributed by atoms with E-state index in [0.717, 1.165) is 23.1 Å². The highest BCUT2D eigenvalue weighted by Gasteiger charge is 2.08. The SMILES string of the molecule is CN/N=C(/C)c1ccncc1.Cn1cc(C=O)c(-c2ccncc2)n1. The summed E-state index contributed by atoms with van der Waals surface area (Å²) in [5, 5.41) is 8.24. The summed E-state index contributed by atoms with van der Waals surface area (Å²) < 4.78 is 1.62. The van der Waals surface area contributed by atoms with Gasteiger partial charge in [-0.05, 0) is 31.2 Å². The molecule has 25 heavy (non-hydrogen) atoms. The Kier molecular flexibility index (Phi) is 6.53. The minimum atomic E-state index is 0.596. The third-order valence-corrected chi connectivity index (χ3v) is 3.32. The number of nitrogens with zero attached hydrogens (tertiary/aromatic N) is 5. The molecule has 1 N–H and O–H groups in total. The summed E-state index contributed by atoms with van der Waals surface area (Å²) in [6, 6.07) is 7.51. The first-order chi connectivity index (χ1) is 12.2. The van der Waals surface area contributed by atoms with Gasteiger partial charge in [-0.1, -0.05) is 0 Å². The van der Waals surface area contributed by atoms with Crippen LogP contribution in [0.4, 0.5) is 0 Å². The molecular weight excluding hydrogens is 316 g/mol. The number of aryl methyl sites for hydroxylation is 1. The predicted molar refractivity (Wildman–Crippen MR) is 97.3 cm³/mol. The zero-order chi connectivity index (χ0) is 18.1. The molecule has 0 aliphatic rings. The van der Waals surface area contributed by atoms with Crippen LogP contribution in [0.15, 0.2) is 60.4 Å². The second-order valence-electron chi connectivity index (χ2n) is 5.12. The molecule has 0 saturated heterocycles. The van der Waals surface area contributed by atoms with Crippen molar-refractivity contribution in [2.75, 3.05) is 7.05 Å². The van der Waals surface area contributed by atoms with Gasteiger partial charge in [0.05, 0.1) is 11.3 Å². The van der Waals surface area contributed by atoms with Crippen molar-refractivity contribution in [1.82, 2.24) is 25.2 Å². The summed E-state index contributed by atoms with van der Waals surface area (Å²) in [6.07, 6.45) is 9.37. The lowest BCUT2D eigenvalue weighted by Crippen LogP contribution is -2.02. The third kappa shape index (κ3) is 5.07. The van der Waals surface area contributed by atoms with Gasteiger partial charge < -0.3 is 5.43 Å². The van der Waals surface area contributed by atoms with E-state index in [4.69, 9.17) is 0 Å². The summed E-state index contributed by atoms with van der Waals surface area (Å²) in [4.78, 5) is 18.6. The molecule has 7 nitrogen and oxygen atoms in total. The standard InChI is InChI=1S/C10H9N3O.C8H11N3/c1-13-6-9(7-14)10(12-13)8-2-4-11-5-3-8;1-7(11-9-2)8-3-5-10-6-4-8/h2-7H,1H3;3-6,9H,1-2H3/b;11-7-. The Bertz CT molecular complexity index is 827. The van der Waals surface area contributed by atoms with E-state index in [1.165, 1.54) is 0 Å². The van der Waals surface area contributed by atoms with Crippen LogP contribution in [-0.2, 0) is 7.05 Å². The van der Waals surface area contributed by atoms with E-state index in [2.05, 4.69) is 25.6 Å². The van der Waals surface area contributed by atoms with Crippen LogP contribution >= 0.6 is 0 Å². The number of carbonyl (C=O) groups is 1. The maximum atomic E-state index is 10.7. The minimum absolute atomic E-state index is 0.596. The molecule has 3 heterocycles. The molecule has 0 aromatic carbocycles. The van der Waals surface area contributed by atoms with E-state index in [0.29, 0.717) is 11.3 Å². The molecule has 0 radical (unpaired) electrons. The Morgan fingerprint density at radius 1 is 1.12 bits per heavy atom. The second kappa shape index (κ2) is 9.07. The van der Waals surface area contributed by atoms with Gasteiger partial charge in [0.25, 0.3) is 0 Å². The average molecular weight is 336 g/mol. The van der Waals surface area contributed by atoms with Crippen molar-refractivity contribution in [3.8, 4) is 11.3 Å². The molecule has 0 amide bonds. The number of nitrogens with one attached hydrogen (secondary N) is 1. The smallest absolute Gasteiger partial charge is 0.153 e. The maximum absolute atomic E-state index is 10.7. The summed E-state index contributed by atoms with van der Waals surface area (Å²) in [5.74, 6) is 0. The van der Waals surface area contributed by atoms with Crippen molar-refractivity contribution in [2.45, 2.75) is 6.92 Å². The van der Waals surface area contributed by atoms with E-state index >= 15 is 0 Å². The lowest BCUT2D eigenvalue weighted by Gasteiger charge is -1.97. The number of aromatic nitrogens is 4. The number of pyridine rings is 2. The van der Waals surface area contributed by atoms with E-state index in [9.17, 15) is 4.79 Å². The predicted octanol–water partition coefficient (Wildman–Crippen LogP) is 2.32. The minimum Gasteiger partial charge on any atom is -0.313 e. The van der Waals surface area contributed by atoms with Crippen molar-refractivity contribution < 1.29 is 4.79 Å². The Hall–Kier alpha value is -3.35. The Morgan fingerprint density at radius 2 is 1.72 bits per heavy atom. The van der Waals surface area contributed by atoms with Gasteiger partial charge in [-0.2, -0.15) is 10.2 Å². The first-order valence-corrected chi connectivity index (χ1v) is 7.66. The molecule has 0 spiro atoms. The number of aldehydes is 1. The molecule has 0 saturated carbocycles. The lowest BCUT2D eigenvalue weighted by molar-refractivity contribution is 0.112. The van der Waals surface area contributed by atoms with Crippen molar-refractivity contribution in [1.29, 1.82) is 0 Å². The van der Waals surface area contributed by atoms with Crippen molar-refractivity contribution in [3.05, 3.63) is 66.4 Å². The van der Waals surface area contributed by atoms with Crippen LogP contribution in [0.1, 0.15) is 22.8 Å². The van der Waals surface area contributed by atoms with Gasteiger partial charge in [-0.25, -0.2) is 0 Å². The second-order valence-corrected chi connectivity index (χ2v) is 5.12. The molecule has 0 aliphatic heterocycles. The van der Waals surface area contributed by atoms with E-state index in [1.807, 2.05) is 31.2 Å². The largest absolute Gasteiger partial charge is 0.313 e. The van der Waals surface area contributed by atoms with E-state index in [-0.39, 0.29) is 0 Å². The highest BCUT2D eigenvalue weighted by Crippen LogP contribution is 2.19. The van der Waals surface area contributed by atoms with Crippen LogP contribution in [0.2, 0.25) is 0 Å². The first-order valence-electron chi connectivity index (χ1n) is 7.66. The van der Waals surface area contributed by atoms with E-state index in [1.54, 1.807) is 49.8 Å². The topological polar surface area (TPSA) is 85.1 Å². The van der Waals surface area contributed by atoms with Crippen LogP contribution in [-0.4, -0.2) is 38.8 Å². The monoisotopic (exact) mass is 336 g/mol. The molecule has 7 heteroatoms. The molecule has 0 atom stereocenters. The number of hydrogen-bond donors (Lipinski definition) is 1. The van der Waals surface area contributed by atoms with Crippen LogP contribution < -0.4 is 5.43 Å². The van der Waals surface area contributed by atoms with Crippen LogP contribution in [0.25, 0.3) is 11.3 Å². The molecule has 3 aromatic rings. The molecule has 3 rings (SSSR count). The summed E-state index contributed by atoms with van der Waals surface area (Å²) in [6.45, 7) is 1.95. The van der Waals surface area contributed by atoms with Gasteiger partial charge in [0.2, 0.25) is 0 Å². The van der Waals surface area contributed by atoms with Crippen molar-refractivity contribution in [2.24, 2.45) is 12.1 Å². The van der Waals surface area contributed by atoms with Crippen LogP contribution in [0.3, 0.4) is 0 Å². The molecule has 0 unspecified atom stereocenters. The molecule has 128 valence electrons. The summed E-state index contributed by atoms with van der Waals surface area (Å²) in [7, 11) is 3.57. The van der Waals surface area contributed by atoms with Gasteiger partial charge in [0, 0.05) is 56.2 Å². The van der Waals surface area contributed by atoms with Crippen LogP contribution in [0.5, 0.6) is 0 Å². The number of rotatable bonds is 4. The highest BCUT2D eigenvalue weighted by atomic mass is 16.1. The molecule has 0 aliphatic carbocycles.